The van der Waals surface area contributed by atoms with Crippen molar-refractivity contribution in [2.75, 3.05) is 0 Å². The molecule has 2 aliphatic heterocycles. The Balaban J connectivity index is 1.26. The number of amidine groups is 1. The van der Waals surface area contributed by atoms with E-state index >= 15 is 0 Å². The van der Waals surface area contributed by atoms with Crippen LogP contribution in [0.1, 0.15) is 153 Å². The molecule has 0 saturated heterocycles. The van der Waals surface area contributed by atoms with Crippen LogP contribution in [0.5, 0.6) is 0 Å². The molecule has 3 saturated carbocycles. The first-order chi connectivity index (χ1) is 25.9. The summed E-state index contributed by atoms with van der Waals surface area (Å²) in [5.74, 6) is 2.16. The SMILES string of the molecule is Cc1cc2[n+](c3ccccc13)C1(C)C(C)(c3ccc4c(c3-2)C(C)(C)C2=C4C(C)(C)c3ccccc32)C12N(C1CCCCC1)C(C(C)C)=[N+]2C1CCCCC1. The zero-order valence-corrected chi connectivity index (χ0v) is 34.5. The number of rotatable bonds is 3. The number of nitrogens with zero attached hydrogens (tertiary/aromatic N) is 3. The second-order valence-corrected chi connectivity index (χ2v) is 20.2. The summed E-state index contributed by atoms with van der Waals surface area (Å²) in [5, 5.41) is 1.40. The van der Waals surface area contributed by atoms with E-state index in [1.807, 2.05) is 0 Å². The van der Waals surface area contributed by atoms with Gasteiger partial charge in [-0.15, -0.1) is 0 Å². The molecule has 0 amide bonds. The topological polar surface area (TPSA) is 10.1 Å². The highest BCUT2D eigenvalue weighted by molar-refractivity contribution is 6.11. The van der Waals surface area contributed by atoms with Gasteiger partial charge in [-0.25, -0.2) is 9.48 Å². The number of hydrogen-bond donors (Lipinski definition) is 0. The molecule has 3 atom stereocenters. The minimum atomic E-state index is -0.151. The summed E-state index contributed by atoms with van der Waals surface area (Å²) in [4.78, 5) is 3.13. The Kier molecular flexibility index (Phi) is 6.57. The first-order valence-electron chi connectivity index (χ1n) is 21.8. The summed E-state index contributed by atoms with van der Waals surface area (Å²) in [6, 6.07) is 27.8. The number of aryl methyl sites for hydroxylation is 1. The molecule has 0 bridgehead atoms. The van der Waals surface area contributed by atoms with Crippen LogP contribution in [0.15, 0.2) is 66.7 Å². The van der Waals surface area contributed by atoms with Gasteiger partial charge >= 0.3 is 5.66 Å². The molecule has 3 unspecified atom stereocenters. The smallest absolute Gasteiger partial charge is 0.213 e. The van der Waals surface area contributed by atoms with Crippen LogP contribution in [0.4, 0.5) is 0 Å². The monoisotopic (exact) mass is 715 g/mol. The first-order valence-corrected chi connectivity index (χ1v) is 21.8. The third-order valence-electron chi connectivity index (χ3n) is 16.7. The molecule has 7 aliphatic rings. The molecule has 0 N–H and O–H groups in total. The van der Waals surface area contributed by atoms with Gasteiger partial charge in [0.15, 0.2) is 5.41 Å². The van der Waals surface area contributed by atoms with E-state index in [1.54, 1.807) is 28.1 Å². The average Bonchev–Trinajstić information content (AvgIpc) is 3.36. The van der Waals surface area contributed by atoms with E-state index in [0.29, 0.717) is 18.0 Å². The van der Waals surface area contributed by atoms with Crippen LogP contribution >= 0.6 is 0 Å². The fourth-order valence-electron chi connectivity index (χ4n) is 14.6. The first kappa shape index (κ1) is 33.6. The lowest BCUT2D eigenvalue weighted by Crippen LogP contribution is -2.76. The van der Waals surface area contributed by atoms with Crippen LogP contribution in [0.2, 0.25) is 0 Å². The molecule has 278 valence electrons. The van der Waals surface area contributed by atoms with E-state index < -0.39 is 0 Å². The Morgan fingerprint density at radius 3 is 2.06 bits per heavy atom. The standard InChI is InChI=1S/C51H61N3/c1-31(2)46-52(33-20-12-10-13-21-33)51(53(46)34-22-14-11-15-23-34)49(8)39-29-28-37-43(48(6,7)44-36-25-16-18-26-38(36)47(4,5)45(37)44)42(39)41-30-32(3)35-24-17-19-27-40(35)54(41)50(49,51)9/h16-19,24-31,33-34H,10-15,20-23H2,1-9H3/q+2. The molecule has 1 spiro atoms. The average molecular weight is 716 g/mol. The Morgan fingerprint density at radius 2 is 1.33 bits per heavy atom. The second kappa shape index (κ2) is 10.6. The van der Waals surface area contributed by atoms with E-state index in [-0.39, 0.29) is 27.4 Å². The van der Waals surface area contributed by atoms with E-state index in [1.165, 1.54) is 109 Å². The van der Waals surface area contributed by atoms with Crippen molar-refractivity contribution in [1.29, 1.82) is 0 Å². The van der Waals surface area contributed by atoms with Gasteiger partial charge in [-0.1, -0.05) is 103 Å². The van der Waals surface area contributed by atoms with E-state index in [0.717, 1.165) is 0 Å². The minimum Gasteiger partial charge on any atom is -0.213 e. The fourth-order valence-corrected chi connectivity index (χ4v) is 14.6. The number of hydrogen-bond acceptors (Lipinski definition) is 1. The minimum absolute atomic E-state index is 0.0451. The normalized spacial score (nSPS) is 30.3. The molecule has 3 fully saturated rings. The molecule has 11 rings (SSSR count). The largest absolute Gasteiger partial charge is 0.327 e. The van der Waals surface area contributed by atoms with Crippen molar-refractivity contribution in [3.05, 3.63) is 100 Å². The van der Waals surface area contributed by atoms with Gasteiger partial charge in [0.25, 0.3) is 11.4 Å². The predicted molar refractivity (Wildman–Crippen MR) is 223 cm³/mol. The van der Waals surface area contributed by atoms with Crippen molar-refractivity contribution in [2.24, 2.45) is 5.92 Å². The summed E-state index contributed by atoms with van der Waals surface area (Å²) in [5.41, 5.74) is 16.0. The third kappa shape index (κ3) is 3.47. The van der Waals surface area contributed by atoms with Crippen LogP contribution in [-0.2, 0) is 21.8 Å². The number of benzene rings is 3. The lowest BCUT2D eigenvalue weighted by atomic mass is 9.70. The van der Waals surface area contributed by atoms with Gasteiger partial charge in [-0.2, -0.15) is 4.57 Å². The van der Waals surface area contributed by atoms with Gasteiger partial charge in [0.1, 0.15) is 12.1 Å². The molecule has 3 heteroatoms. The molecule has 4 aromatic rings. The van der Waals surface area contributed by atoms with Crippen LogP contribution in [-0.4, -0.2) is 33.1 Å². The number of allylic oxidation sites excluding steroid dienone is 2. The van der Waals surface area contributed by atoms with Crippen LogP contribution in [0.25, 0.3) is 33.3 Å². The number of aromatic nitrogens is 1. The van der Waals surface area contributed by atoms with Gasteiger partial charge in [-0.05, 0) is 116 Å². The van der Waals surface area contributed by atoms with Gasteiger partial charge in [0, 0.05) is 35.3 Å². The van der Waals surface area contributed by atoms with Gasteiger partial charge < -0.3 is 0 Å². The van der Waals surface area contributed by atoms with Crippen molar-refractivity contribution >= 4 is 27.9 Å². The molecular formula is C51H61N3+2. The van der Waals surface area contributed by atoms with E-state index in [4.69, 9.17) is 0 Å². The van der Waals surface area contributed by atoms with Crippen molar-refractivity contribution in [1.82, 2.24) is 4.90 Å². The zero-order valence-electron chi connectivity index (χ0n) is 34.5. The van der Waals surface area contributed by atoms with Gasteiger partial charge in [-0.3, -0.25) is 0 Å². The lowest BCUT2D eigenvalue weighted by Gasteiger charge is -2.50. The molecule has 3 heterocycles. The Labute approximate surface area is 324 Å². The van der Waals surface area contributed by atoms with Gasteiger partial charge in [0.05, 0.1) is 11.5 Å². The Bertz CT molecular complexity index is 2390. The molecule has 3 aromatic carbocycles. The van der Waals surface area contributed by atoms with Crippen molar-refractivity contribution in [3.8, 4) is 11.3 Å². The molecule has 54 heavy (non-hydrogen) atoms. The summed E-state index contributed by atoms with van der Waals surface area (Å²) in [6.07, 6.45) is 13.5. The zero-order chi connectivity index (χ0) is 37.3. The van der Waals surface area contributed by atoms with Crippen molar-refractivity contribution in [2.45, 2.75) is 166 Å². The highest BCUT2D eigenvalue weighted by Gasteiger charge is 3.06. The summed E-state index contributed by atoms with van der Waals surface area (Å²) in [7, 11) is 0. The molecule has 5 aliphatic carbocycles. The number of para-hydroxylation sites is 1. The Morgan fingerprint density at radius 1 is 0.685 bits per heavy atom. The summed E-state index contributed by atoms with van der Waals surface area (Å²) in [6.45, 7) is 22.9. The van der Waals surface area contributed by atoms with E-state index in [9.17, 15) is 0 Å². The van der Waals surface area contributed by atoms with Crippen molar-refractivity contribution < 1.29 is 9.14 Å². The quantitative estimate of drug-likeness (QED) is 0.192. The second-order valence-electron chi connectivity index (χ2n) is 20.2. The van der Waals surface area contributed by atoms with Crippen LogP contribution < -0.4 is 4.57 Å². The molecular weight excluding hydrogens is 655 g/mol. The van der Waals surface area contributed by atoms with Crippen LogP contribution in [0, 0.1) is 12.8 Å². The third-order valence-corrected chi connectivity index (χ3v) is 16.7. The Hall–Kier alpha value is -3.72. The van der Waals surface area contributed by atoms with Crippen molar-refractivity contribution in [3.63, 3.8) is 0 Å². The lowest BCUT2D eigenvalue weighted by molar-refractivity contribution is -0.771. The summed E-state index contributed by atoms with van der Waals surface area (Å²) < 4.78 is 6.07. The highest BCUT2D eigenvalue weighted by Crippen LogP contribution is 2.79. The summed E-state index contributed by atoms with van der Waals surface area (Å²) >= 11 is 0. The highest BCUT2D eigenvalue weighted by atomic mass is 15.6. The number of fused-ring (bicyclic) bond motifs is 15. The van der Waals surface area contributed by atoms with Gasteiger partial charge in [0.2, 0.25) is 11.2 Å². The maximum absolute atomic E-state index is 3.13. The fraction of sp³-hybridized carbons (Fsp3) is 0.529. The predicted octanol–water partition coefficient (Wildman–Crippen LogP) is 11.3. The number of pyridine rings is 1. The van der Waals surface area contributed by atoms with E-state index in [2.05, 4.69) is 143 Å². The molecule has 3 nitrogen and oxygen atoms in total. The molecule has 0 radical (unpaired) electrons. The maximum atomic E-state index is 3.13. The maximum Gasteiger partial charge on any atom is 0.327 e. The molecule has 1 aromatic heterocycles. The van der Waals surface area contributed by atoms with Crippen LogP contribution in [0.3, 0.4) is 0 Å².